The summed E-state index contributed by atoms with van der Waals surface area (Å²) in [6.45, 7) is 4.70. The Morgan fingerprint density at radius 1 is 1.31 bits per heavy atom. The lowest BCUT2D eigenvalue weighted by Gasteiger charge is -2.14. The lowest BCUT2D eigenvalue weighted by atomic mass is 9.96. The summed E-state index contributed by atoms with van der Waals surface area (Å²) in [6.07, 6.45) is 3.34. The van der Waals surface area contributed by atoms with Crippen molar-refractivity contribution in [3.05, 3.63) is 48.6 Å². The molecule has 0 N–H and O–H groups in total. The SMILES string of the molecule is C=C[C@@H]1CCO[C@@H]1c1ccccc1. The molecule has 1 aromatic rings. The first kappa shape index (κ1) is 8.52. The molecule has 1 fully saturated rings. The Balaban J connectivity index is 2.21. The molecule has 1 heterocycles. The highest BCUT2D eigenvalue weighted by Gasteiger charge is 2.26. The van der Waals surface area contributed by atoms with Crippen molar-refractivity contribution in [2.45, 2.75) is 12.5 Å². The molecule has 0 aliphatic carbocycles. The Morgan fingerprint density at radius 3 is 2.77 bits per heavy atom. The smallest absolute Gasteiger partial charge is 0.0888 e. The van der Waals surface area contributed by atoms with Crippen molar-refractivity contribution in [1.82, 2.24) is 0 Å². The van der Waals surface area contributed by atoms with Gasteiger partial charge in [-0.2, -0.15) is 0 Å². The molecule has 13 heavy (non-hydrogen) atoms. The molecule has 2 atom stereocenters. The molecule has 1 saturated heterocycles. The maximum atomic E-state index is 5.67. The lowest BCUT2D eigenvalue weighted by molar-refractivity contribution is 0.0996. The Hall–Kier alpha value is -1.08. The minimum atomic E-state index is 0.235. The molecule has 0 unspecified atom stereocenters. The van der Waals surface area contributed by atoms with E-state index in [-0.39, 0.29) is 6.10 Å². The van der Waals surface area contributed by atoms with E-state index in [2.05, 4.69) is 30.8 Å². The first-order valence-electron chi connectivity index (χ1n) is 4.71. The van der Waals surface area contributed by atoms with Crippen LogP contribution in [0.1, 0.15) is 18.1 Å². The number of rotatable bonds is 2. The minimum absolute atomic E-state index is 0.235. The molecule has 0 saturated carbocycles. The van der Waals surface area contributed by atoms with E-state index in [9.17, 15) is 0 Å². The maximum Gasteiger partial charge on any atom is 0.0888 e. The van der Waals surface area contributed by atoms with Gasteiger partial charge in [-0.3, -0.25) is 0 Å². The molecular weight excluding hydrogens is 160 g/mol. The predicted molar refractivity (Wildman–Crippen MR) is 53.4 cm³/mol. The molecule has 0 amide bonds. The molecule has 2 rings (SSSR count). The minimum Gasteiger partial charge on any atom is -0.373 e. The molecule has 0 aromatic heterocycles. The van der Waals surface area contributed by atoms with Gasteiger partial charge in [0.25, 0.3) is 0 Å². The number of ether oxygens (including phenoxy) is 1. The van der Waals surface area contributed by atoms with Gasteiger partial charge in [0, 0.05) is 12.5 Å². The molecule has 0 bridgehead atoms. The summed E-state index contributed by atoms with van der Waals surface area (Å²) < 4.78 is 5.67. The van der Waals surface area contributed by atoms with E-state index in [1.807, 2.05) is 12.1 Å². The number of hydrogen-bond donors (Lipinski definition) is 0. The summed E-state index contributed by atoms with van der Waals surface area (Å²) in [7, 11) is 0. The van der Waals surface area contributed by atoms with Crippen LogP contribution >= 0.6 is 0 Å². The fraction of sp³-hybridized carbons (Fsp3) is 0.333. The van der Waals surface area contributed by atoms with Gasteiger partial charge >= 0.3 is 0 Å². The van der Waals surface area contributed by atoms with E-state index in [1.54, 1.807) is 0 Å². The summed E-state index contributed by atoms with van der Waals surface area (Å²) >= 11 is 0. The van der Waals surface area contributed by atoms with Crippen LogP contribution in [0.15, 0.2) is 43.0 Å². The van der Waals surface area contributed by atoms with Gasteiger partial charge in [0.2, 0.25) is 0 Å². The zero-order chi connectivity index (χ0) is 9.10. The zero-order valence-electron chi connectivity index (χ0n) is 7.65. The van der Waals surface area contributed by atoms with Gasteiger partial charge in [0.05, 0.1) is 6.10 Å². The third-order valence-corrected chi connectivity index (χ3v) is 2.57. The summed E-state index contributed by atoms with van der Waals surface area (Å²) in [5.41, 5.74) is 1.27. The third-order valence-electron chi connectivity index (χ3n) is 2.57. The van der Waals surface area contributed by atoms with Crippen LogP contribution in [-0.2, 0) is 4.74 Å². The average molecular weight is 174 g/mol. The van der Waals surface area contributed by atoms with Gasteiger partial charge in [0.15, 0.2) is 0 Å². The van der Waals surface area contributed by atoms with E-state index >= 15 is 0 Å². The van der Waals surface area contributed by atoms with Crippen molar-refractivity contribution >= 4 is 0 Å². The first-order valence-corrected chi connectivity index (χ1v) is 4.71. The van der Waals surface area contributed by atoms with Crippen molar-refractivity contribution in [2.75, 3.05) is 6.61 Å². The van der Waals surface area contributed by atoms with Gasteiger partial charge in [0.1, 0.15) is 0 Å². The molecule has 0 radical (unpaired) electrons. The first-order chi connectivity index (χ1) is 6.42. The summed E-state index contributed by atoms with van der Waals surface area (Å²) in [5, 5.41) is 0. The molecule has 1 nitrogen and oxygen atoms in total. The molecular formula is C12H14O. The largest absolute Gasteiger partial charge is 0.373 e. The van der Waals surface area contributed by atoms with Crippen molar-refractivity contribution in [3.8, 4) is 0 Å². The monoisotopic (exact) mass is 174 g/mol. The predicted octanol–water partition coefficient (Wildman–Crippen LogP) is 2.95. The van der Waals surface area contributed by atoms with E-state index < -0.39 is 0 Å². The van der Waals surface area contributed by atoms with E-state index in [4.69, 9.17) is 4.74 Å². The summed E-state index contributed by atoms with van der Waals surface area (Å²) in [5.74, 6) is 0.488. The van der Waals surface area contributed by atoms with Crippen LogP contribution in [0.2, 0.25) is 0 Å². The van der Waals surface area contributed by atoms with Crippen LogP contribution < -0.4 is 0 Å². The Kier molecular flexibility index (Phi) is 2.46. The second-order valence-corrected chi connectivity index (χ2v) is 3.39. The summed E-state index contributed by atoms with van der Waals surface area (Å²) in [4.78, 5) is 0. The van der Waals surface area contributed by atoms with Crippen molar-refractivity contribution in [1.29, 1.82) is 0 Å². The Labute approximate surface area is 79.0 Å². The number of benzene rings is 1. The van der Waals surface area contributed by atoms with Gasteiger partial charge in [-0.15, -0.1) is 6.58 Å². The van der Waals surface area contributed by atoms with Crippen LogP contribution in [0.3, 0.4) is 0 Å². The second kappa shape index (κ2) is 3.75. The molecule has 1 aliphatic rings. The Bertz CT molecular complexity index is 278. The zero-order valence-corrected chi connectivity index (χ0v) is 7.65. The highest BCUT2D eigenvalue weighted by atomic mass is 16.5. The van der Waals surface area contributed by atoms with E-state index in [0.29, 0.717) is 5.92 Å². The topological polar surface area (TPSA) is 9.23 Å². The van der Waals surface area contributed by atoms with Crippen LogP contribution in [-0.4, -0.2) is 6.61 Å². The van der Waals surface area contributed by atoms with Gasteiger partial charge in [-0.25, -0.2) is 0 Å². The molecule has 1 heteroatoms. The van der Waals surface area contributed by atoms with Crippen molar-refractivity contribution in [2.24, 2.45) is 5.92 Å². The second-order valence-electron chi connectivity index (χ2n) is 3.39. The lowest BCUT2D eigenvalue weighted by Crippen LogP contribution is -2.04. The quantitative estimate of drug-likeness (QED) is 0.626. The molecule has 1 aromatic carbocycles. The van der Waals surface area contributed by atoms with Gasteiger partial charge < -0.3 is 4.74 Å². The van der Waals surface area contributed by atoms with Crippen LogP contribution in [0.25, 0.3) is 0 Å². The number of hydrogen-bond acceptors (Lipinski definition) is 1. The molecule has 1 aliphatic heterocycles. The summed E-state index contributed by atoms with van der Waals surface area (Å²) in [6, 6.07) is 10.4. The van der Waals surface area contributed by atoms with Gasteiger partial charge in [-0.05, 0) is 12.0 Å². The van der Waals surface area contributed by atoms with Crippen molar-refractivity contribution < 1.29 is 4.74 Å². The van der Waals surface area contributed by atoms with Crippen molar-refractivity contribution in [3.63, 3.8) is 0 Å². The maximum absolute atomic E-state index is 5.67. The van der Waals surface area contributed by atoms with Crippen LogP contribution in [0, 0.1) is 5.92 Å². The standard InChI is InChI=1S/C12H14O/c1-2-10-8-9-13-12(10)11-6-4-3-5-7-11/h2-7,10,12H,1,8-9H2/t10-,12+/m1/s1. The fourth-order valence-electron chi connectivity index (χ4n) is 1.83. The molecule has 0 spiro atoms. The van der Waals surface area contributed by atoms with Crippen LogP contribution in [0.5, 0.6) is 0 Å². The normalized spacial score (nSPS) is 27.4. The van der Waals surface area contributed by atoms with E-state index in [1.165, 1.54) is 5.56 Å². The Morgan fingerprint density at radius 2 is 2.08 bits per heavy atom. The average Bonchev–Trinajstić information content (AvgIpc) is 2.67. The third kappa shape index (κ3) is 1.65. The van der Waals surface area contributed by atoms with E-state index in [0.717, 1.165) is 13.0 Å². The van der Waals surface area contributed by atoms with Gasteiger partial charge in [-0.1, -0.05) is 36.4 Å². The molecule has 68 valence electrons. The highest BCUT2D eigenvalue weighted by molar-refractivity contribution is 5.20. The van der Waals surface area contributed by atoms with Crippen LogP contribution in [0.4, 0.5) is 0 Å². The fourth-order valence-corrected chi connectivity index (χ4v) is 1.83. The highest BCUT2D eigenvalue weighted by Crippen LogP contribution is 2.34.